The van der Waals surface area contributed by atoms with Gasteiger partial charge in [-0.15, -0.1) is 11.3 Å². The molecule has 2 atom stereocenters. The van der Waals surface area contributed by atoms with Crippen molar-refractivity contribution in [1.29, 1.82) is 0 Å². The Morgan fingerprint density at radius 3 is 2.53 bits per heavy atom. The summed E-state index contributed by atoms with van der Waals surface area (Å²) in [6.45, 7) is 6.06. The van der Waals surface area contributed by atoms with E-state index < -0.39 is 10.0 Å². The molecule has 8 nitrogen and oxygen atoms in total. The van der Waals surface area contributed by atoms with Crippen LogP contribution in [0, 0.1) is 20.8 Å². The average molecular weight is 539 g/mol. The van der Waals surface area contributed by atoms with Gasteiger partial charge in [-0.1, -0.05) is 6.07 Å². The minimum atomic E-state index is -3.39. The quantitative estimate of drug-likeness (QED) is 0.341. The van der Waals surface area contributed by atoms with E-state index in [4.69, 9.17) is 12.2 Å². The normalized spacial score (nSPS) is 17.9. The van der Waals surface area contributed by atoms with Crippen molar-refractivity contribution in [2.24, 2.45) is 0 Å². The van der Waals surface area contributed by atoms with Crippen LogP contribution < -0.4 is 14.9 Å². The highest BCUT2D eigenvalue weighted by molar-refractivity contribution is 7.92. The number of hydrogen-bond donors (Lipinski definition) is 2. The van der Waals surface area contributed by atoms with Gasteiger partial charge in [-0.3, -0.25) is 14.3 Å². The van der Waals surface area contributed by atoms with E-state index in [0.29, 0.717) is 10.8 Å². The van der Waals surface area contributed by atoms with Gasteiger partial charge in [-0.05, 0) is 80.5 Å². The largest absolute Gasteiger partial charge is 0.351 e. The van der Waals surface area contributed by atoms with Gasteiger partial charge >= 0.3 is 0 Å². The summed E-state index contributed by atoms with van der Waals surface area (Å²) in [5.41, 5.74) is 6.37. The SMILES string of the molecule is Cc1cc(N2C(=S)NC(c3ccccn3)C2c2cc(C)n(-c3nccs3)c2C)ccc1NS(C)(=O)=O. The van der Waals surface area contributed by atoms with Crippen LogP contribution in [0.2, 0.25) is 0 Å². The van der Waals surface area contributed by atoms with Gasteiger partial charge in [0.2, 0.25) is 10.0 Å². The molecule has 5 rings (SSSR count). The predicted octanol–water partition coefficient (Wildman–Crippen LogP) is 4.80. The molecule has 1 fully saturated rings. The van der Waals surface area contributed by atoms with Crippen LogP contribution in [0.5, 0.6) is 0 Å². The molecule has 1 aliphatic rings. The van der Waals surface area contributed by atoms with Crippen molar-refractivity contribution in [2.75, 3.05) is 15.9 Å². The number of benzene rings is 1. The van der Waals surface area contributed by atoms with Crippen molar-refractivity contribution >= 4 is 50.1 Å². The Bertz CT molecular complexity index is 1530. The second-order valence-electron chi connectivity index (χ2n) is 8.85. The molecule has 186 valence electrons. The summed E-state index contributed by atoms with van der Waals surface area (Å²) >= 11 is 7.45. The number of aryl methyl sites for hydroxylation is 2. The Hall–Kier alpha value is -3.28. The topological polar surface area (TPSA) is 92.2 Å². The van der Waals surface area contributed by atoms with Crippen LogP contribution in [0.15, 0.2) is 60.2 Å². The first-order valence-corrected chi connectivity index (χ1v) is 14.5. The summed E-state index contributed by atoms with van der Waals surface area (Å²) < 4.78 is 28.3. The van der Waals surface area contributed by atoms with Gasteiger partial charge in [0.1, 0.15) is 0 Å². The van der Waals surface area contributed by atoms with E-state index in [1.54, 1.807) is 23.6 Å². The molecule has 1 saturated heterocycles. The lowest BCUT2D eigenvalue weighted by atomic mass is 9.96. The lowest BCUT2D eigenvalue weighted by molar-refractivity contribution is 0.565. The lowest BCUT2D eigenvalue weighted by Crippen LogP contribution is -2.29. The summed E-state index contributed by atoms with van der Waals surface area (Å²) in [6, 6.07) is 13.3. The molecule has 0 bridgehead atoms. The number of hydrogen-bond acceptors (Lipinski definition) is 6. The first-order chi connectivity index (χ1) is 17.1. The maximum Gasteiger partial charge on any atom is 0.229 e. The van der Waals surface area contributed by atoms with E-state index >= 15 is 0 Å². The number of sulfonamides is 1. The van der Waals surface area contributed by atoms with Crippen LogP contribution >= 0.6 is 23.6 Å². The van der Waals surface area contributed by atoms with Crippen molar-refractivity contribution in [3.05, 3.63) is 88.4 Å². The van der Waals surface area contributed by atoms with Gasteiger partial charge in [-0.25, -0.2) is 13.4 Å². The molecule has 0 aliphatic carbocycles. The van der Waals surface area contributed by atoms with Crippen molar-refractivity contribution in [2.45, 2.75) is 32.9 Å². The monoisotopic (exact) mass is 538 g/mol. The average Bonchev–Trinajstić information content (AvgIpc) is 3.53. The number of anilines is 2. The zero-order chi connectivity index (χ0) is 25.6. The molecule has 2 N–H and O–H groups in total. The first-order valence-electron chi connectivity index (χ1n) is 11.3. The van der Waals surface area contributed by atoms with Gasteiger partial charge in [-0.2, -0.15) is 0 Å². The Labute approximate surface area is 220 Å². The van der Waals surface area contributed by atoms with E-state index in [1.165, 1.54) is 0 Å². The Morgan fingerprint density at radius 2 is 1.89 bits per heavy atom. The standard InChI is InChI=1S/C25H26N6O2S3/c1-15-13-18(8-9-20(15)29-36(4,32)33)31-23(22(28-24(31)34)21-7-5-6-10-26-21)19-14-16(2)30(17(19)3)25-27-11-12-35-25/h5-14,22-23,29H,1-4H3,(H,28,34). The molecule has 0 amide bonds. The molecule has 36 heavy (non-hydrogen) atoms. The molecule has 0 saturated carbocycles. The highest BCUT2D eigenvalue weighted by Crippen LogP contribution is 2.44. The number of nitrogens with one attached hydrogen (secondary N) is 2. The molecule has 3 aromatic heterocycles. The van der Waals surface area contributed by atoms with Crippen molar-refractivity contribution in [3.8, 4) is 5.13 Å². The van der Waals surface area contributed by atoms with Gasteiger partial charge in [0.15, 0.2) is 10.2 Å². The Balaban J connectivity index is 1.64. The number of thiocarbonyl (C=S) groups is 1. The Kier molecular flexibility index (Phi) is 6.31. The van der Waals surface area contributed by atoms with Gasteiger partial charge in [0, 0.05) is 34.8 Å². The summed E-state index contributed by atoms with van der Waals surface area (Å²) in [5.74, 6) is 0. The second-order valence-corrected chi connectivity index (χ2v) is 11.9. The van der Waals surface area contributed by atoms with Gasteiger partial charge in [0.05, 0.1) is 29.7 Å². The smallest absolute Gasteiger partial charge is 0.229 e. The molecule has 2 unspecified atom stereocenters. The fraction of sp³-hybridized carbons (Fsp3) is 0.240. The third kappa shape index (κ3) is 4.49. The highest BCUT2D eigenvalue weighted by atomic mass is 32.2. The first kappa shape index (κ1) is 24.4. The maximum atomic E-state index is 11.8. The Morgan fingerprint density at radius 1 is 1.08 bits per heavy atom. The summed E-state index contributed by atoms with van der Waals surface area (Å²) in [7, 11) is -3.39. The van der Waals surface area contributed by atoms with Crippen molar-refractivity contribution in [1.82, 2.24) is 19.9 Å². The predicted molar refractivity (Wildman–Crippen MR) is 148 cm³/mol. The van der Waals surface area contributed by atoms with Gasteiger partial charge in [0.25, 0.3) is 0 Å². The third-order valence-electron chi connectivity index (χ3n) is 6.28. The molecule has 1 aliphatic heterocycles. The van der Waals surface area contributed by atoms with E-state index in [1.807, 2.05) is 48.8 Å². The summed E-state index contributed by atoms with van der Waals surface area (Å²) in [5, 5.41) is 6.96. The molecule has 0 spiro atoms. The van der Waals surface area contributed by atoms with Crippen LogP contribution in [-0.2, 0) is 10.0 Å². The zero-order valence-electron chi connectivity index (χ0n) is 20.3. The van der Waals surface area contributed by atoms with Crippen molar-refractivity contribution < 1.29 is 8.42 Å². The number of rotatable bonds is 6. The lowest BCUT2D eigenvalue weighted by Gasteiger charge is -2.28. The third-order valence-corrected chi connectivity index (χ3v) is 7.94. The van der Waals surface area contributed by atoms with Crippen LogP contribution in [0.4, 0.5) is 11.4 Å². The number of pyridine rings is 1. The van der Waals surface area contributed by atoms with Crippen LogP contribution in [0.3, 0.4) is 0 Å². The zero-order valence-corrected chi connectivity index (χ0v) is 22.7. The number of aromatic nitrogens is 3. The fourth-order valence-electron chi connectivity index (χ4n) is 4.77. The second kappa shape index (κ2) is 9.30. The molecule has 4 aromatic rings. The highest BCUT2D eigenvalue weighted by Gasteiger charge is 2.42. The van der Waals surface area contributed by atoms with E-state index in [0.717, 1.165) is 45.3 Å². The molecular weight excluding hydrogens is 513 g/mol. The van der Waals surface area contributed by atoms with Crippen LogP contribution in [0.1, 0.15) is 40.3 Å². The molecule has 11 heteroatoms. The van der Waals surface area contributed by atoms with E-state index in [9.17, 15) is 8.42 Å². The molecular formula is C25H26N6O2S3. The molecule has 4 heterocycles. The summed E-state index contributed by atoms with van der Waals surface area (Å²) in [4.78, 5) is 11.3. The maximum absolute atomic E-state index is 11.8. The minimum Gasteiger partial charge on any atom is -0.351 e. The number of nitrogens with zero attached hydrogens (tertiary/aromatic N) is 4. The molecule has 0 radical (unpaired) electrons. The van der Waals surface area contributed by atoms with E-state index in [2.05, 4.69) is 49.4 Å². The van der Waals surface area contributed by atoms with Crippen LogP contribution in [-0.4, -0.2) is 34.3 Å². The summed E-state index contributed by atoms with van der Waals surface area (Å²) in [6.07, 6.45) is 4.74. The molecule has 1 aromatic carbocycles. The van der Waals surface area contributed by atoms with Gasteiger partial charge < -0.3 is 10.2 Å². The van der Waals surface area contributed by atoms with E-state index in [-0.39, 0.29) is 12.1 Å². The van der Waals surface area contributed by atoms with Crippen LogP contribution in [0.25, 0.3) is 5.13 Å². The minimum absolute atomic E-state index is 0.180. The number of thiazole rings is 1. The van der Waals surface area contributed by atoms with Crippen molar-refractivity contribution in [3.63, 3.8) is 0 Å². The fourth-order valence-corrected chi connectivity index (χ4v) is 6.49.